The van der Waals surface area contributed by atoms with Crippen LogP contribution >= 0.6 is 0 Å². The van der Waals surface area contributed by atoms with Crippen LogP contribution in [0.4, 0.5) is 4.79 Å². The second-order valence-corrected chi connectivity index (χ2v) is 4.40. The lowest BCUT2D eigenvalue weighted by Crippen LogP contribution is -2.25. The lowest BCUT2D eigenvalue weighted by Gasteiger charge is -2.18. The van der Waals surface area contributed by atoms with Crippen LogP contribution in [0.15, 0.2) is 12.2 Å². The van der Waals surface area contributed by atoms with E-state index in [4.69, 9.17) is 4.74 Å². The predicted octanol–water partition coefficient (Wildman–Crippen LogP) is 2.57. The molecule has 1 amide bonds. The molecular weight excluding hydrogens is 190 g/mol. The molecule has 0 N–H and O–H groups in total. The summed E-state index contributed by atoms with van der Waals surface area (Å²) in [5.41, 5.74) is 0. The molecule has 84 valence electrons. The Hall–Kier alpha value is -0.990. The van der Waals surface area contributed by atoms with Gasteiger partial charge in [-0.1, -0.05) is 12.2 Å². The first-order chi connectivity index (χ1) is 7.29. The third-order valence-electron chi connectivity index (χ3n) is 3.25. The molecule has 1 saturated heterocycles. The fourth-order valence-corrected chi connectivity index (χ4v) is 2.37. The van der Waals surface area contributed by atoms with Crippen molar-refractivity contribution in [3.8, 4) is 0 Å². The van der Waals surface area contributed by atoms with Crippen molar-refractivity contribution in [3.05, 3.63) is 12.2 Å². The van der Waals surface area contributed by atoms with Gasteiger partial charge in [-0.05, 0) is 38.5 Å². The molecule has 3 heteroatoms. The molecule has 0 spiro atoms. The molecule has 3 nitrogen and oxygen atoms in total. The Morgan fingerprint density at radius 1 is 1.60 bits per heavy atom. The van der Waals surface area contributed by atoms with Gasteiger partial charge in [-0.25, -0.2) is 4.79 Å². The molecule has 0 aromatic rings. The van der Waals surface area contributed by atoms with Gasteiger partial charge < -0.3 is 9.64 Å². The summed E-state index contributed by atoms with van der Waals surface area (Å²) in [6.45, 7) is 3.53. The van der Waals surface area contributed by atoms with Crippen molar-refractivity contribution in [2.75, 3.05) is 13.1 Å². The molecule has 2 atom stereocenters. The van der Waals surface area contributed by atoms with Gasteiger partial charge in [0.05, 0.1) is 6.54 Å². The number of hydrogen-bond acceptors (Lipinski definition) is 2. The normalized spacial score (nSPS) is 30.7. The van der Waals surface area contributed by atoms with E-state index in [-0.39, 0.29) is 12.2 Å². The van der Waals surface area contributed by atoms with Gasteiger partial charge in [0, 0.05) is 6.54 Å². The monoisotopic (exact) mass is 209 g/mol. The Morgan fingerprint density at radius 2 is 2.47 bits per heavy atom. The summed E-state index contributed by atoms with van der Waals surface area (Å²) < 4.78 is 5.32. The number of hydrogen-bond donors (Lipinski definition) is 0. The summed E-state index contributed by atoms with van der Waals surface area (Å²) >= 11 is 0. The number of carbonyl (C=O) groups excluding carboxylic acids is 1. The third kappa shape index (κ3) is 2.52. The predicted molar refractivity (Wildman–Crippen MR) is 58.6 cm³/mol. The van der Waals surface area contributed by atoms with Gasteiger partial charge in [-0.2, -0.15) is 0 Å². The van der Waals surface area contributed by atoms with E-state index in [9.17, 15) is 4.79 Å². The number of likely N-dealkylation sites (N-methyl/N-ethyl adjacent to an activating group) is 1. The van der Waals surface area contributed by atoms with E-state index in [1.165, 1.54) is 19.3 Å². The Balaban J connectivity index is 1.83. The highest BCUT2D eigenvalue weighted by molar-refractivity contribution is 5.69. The molecule has 2 aliphatic rings. The molecule has 1 aliphatic heterocycles. The van der Waals surface area contributed by atoms with Gasteiger partial charge in [0.1, 0.15) is 6.10 Å². The molecule has 2 unspecified atom stereocenters. The van der Waals surface area contributed by atoms with Crippen LogP contribution in [-0.2, 0) is 4.74 Å². The van der Waals surface area contributed by atoms with Gasteiger partial charge in [0.25, 0.3) is 0 Å². The standard InChI is InChI=1S/C12H19NO2/c1-2-13-9-11(15-12(13)14)8-10-6-4-3-5-7-10/h4,6,10-11H,2-3,5,7-9H2,1H3. The zero-order chi connectivity index (χ0) is 10.7. The van der Waals surface area contributed by atoms with Crippen molar-refractivity contribution in [1.29, 1.82) is 0 Å². The van der Waals surface area contributed by atoms with E-state index in [1.54, 1.807) is 4.90 Å². The Bertz CT molecular complexity index is 262. The van der Waals surface area contributed by atoms with Crippen molar-refractivity contribution >= 4 is 6.09 Å². The minimum atomic E-state index is -0.137. The lowest BCUT2D eigenvalue weighted by atomic mass is 9.91. The molecule has 0 aromatic heterocycles. The van der Waals surface area contributed by atoms with E-state index < -0.39 is 0 Å². The van der Waals surface area contributed by atoms with Crippen LogP contribution in [0.3, 0.4) is 0 Å². The van der Waals surface area contributed by atoms with Crippen LogP contribution in [0, 0.1) is 5.92 Å². The first-order valence-corrected chi connectivity index (χ1v) is 5.92. The Kier molecular flexibility index (Phi) is 3.29. The van der Waals surface area contributed by atoms with E-state index in [0.717, 1.165) is 19.5 Å². The molecule has 1 aliphatic carbocycles. The maximum absolute atomic E-state index is 11.3. The summed E-state index contributed by atoms with van der Waals surface area (Å²) in [5.74, 6) is 0.619. The van der Waals surface area contributed by atoms with E-state index in [1.807, 2.05) is 6.92 Å². The first-order valence-electron chi connectivity index (χ1n) is 5.92. The fraction of sp³-hybridized carbons (Fsp3) is 0.750. The van der Waals surface area contributed by atoms with E-state index in [2.05, 4.69) is 12.2 Å². The highest BCUT2D eigenvalue weighted by atomic mass is 16.6. The number of amides is 1. The van der Waals surface area contributed by atoms with Crippen molar-refractivity contribution < 1.29 is 9.53 Å². The van der Waals surface area contributed by atoms with Crippen molar-refractivity contribution in [2.24, 2.45) is 5.92 Å². The number of rotatable bonds is 3. The maximum Gasteiger partial charge on any atom is 0.410 e. The molecule has 15 heavy (non-hydrogen) atoms. The van der Waals surface area contributed by atoms with Crippen LogP contribution in [0.2, 0.25) is 0 Å². The maximum atomic E-state index is 11.3. The molecule has 2 rings (SSSR count). The van der Waals surface area contributed by atoms with Crippen LogP contribution in [-0.4, -0.2) is 30.2 Å². The quantitative estimate of drug-likeness (QED) is 0.668. The average molecular weight is 209 g/mol. The molecule has 0 bridgehead atoms. The van der Waals surface area contributed by atoms with Crippen LogP contribution in [0.5, 0.6) is 0 Å². The Morgan fingerprint density at radius 3 is 3.07 bits per heavy atom. The SMILES string of the molecule is CCN1CC(CC2C=CCCC2)OC1=O. The van der Waals surface area contributed by atoms with E-state index in [0.29, 0.717) is 5.92 Å². The van der Waals surface area contributed by atoms with Gasteiger partial charge >= 0.3 is 6.09 Å². The van der Waals surface area contributed by atoms with Crippen molar-refractivity contribution in [2.45, 2.75) is 38.7 Å². The largest absolute Gasteiger partial charge is 0.444 e. The number of carbonyl (C=O) groups is 1. The van der Waals surface area contributed by atoms with Crippen LogP contribution < -0.4 is 0 Å². The summed E-state index contributed by atoms with van der Waals surface area (Å²) in [5, 5.41) is 0. The second kappa shape index (κ2) is 4.69. The lowest BCUT2D eigenvalue weighted by molar-refractivity contribution is 0.123. The summed E-state index contributed by atoms with van der Waals surface area (Å²) in [7, 11) is 0. The highest BCUT2D eigenvalue weighted by Gasteiger charge is 2.31. The zero-order valence-corrected chi connectivity index (χ0v) is 9.32. The molecule has 0 radical (unpaired) electrons. The average Bonchev–Trinajstić information content (AvgIpc) is 2.60. The zero-order valence-electron chi connectivity index (χ0n) is 9.32. The smallest absolute Gasteiger partial charge is 0.410 e. The minimum Gasteiger partial charge on any atom is -0.444 e. The number of allylic oxidation sites excluding steroid dienone is 2. The van der Waals surface area contributed by atoms with Gasteiger partial charge in [-0.15, -0.1) is 0 Å². The number of nitrogens with zero attached hydrogens (tertiary/aromatic N) is 1. The summed E-state index contributed by atoms with van der Waals surface area (Å²) in [6.07, 6.45) is 9.25. The van der Waals surface area contributed by atoms with Crippen LogP contribution in [0.25, 0.3) is 0 Å². The van der Waals surface area contributed by atoms with Crippen LogP contribution in [0.1, 0.15) is 32.6 Å². The van der Waals surface area contributed by atoms with E-state index >= 15 is 0 Å². The highest BCUT2D eigenvalue weighted by Crippen LogP contribution is 2.25. The van der Waals surface area contributed by atoms with Crippen molar-refractivity contribution in [1.82, 2.24) is 4.90 Å². The molecule has 0 aromatic carbocycles. The topological polar surface area (TPSA) is 29.5 Å². The van der Waals surface area contributed by atoms with Gasteiger partial charge in [-0.3, -0.25) is 0 Å². The number of ether oxygens (including phenoxy) is 1. The van der Waals surface area contributed by atoms with Gasteiger partial charge in [0.15, 0.2) is 0 Å². The summed E-state index contributed by atoms with van der Waals surface area (Å²) in [6, 6.07) is 0. The number of cyclic esters (lactones) is 1. The molecular formula is C12H19NO2. The van der Waals surface area contributed by atoms with Gasteiger partial charge in [0.2, 0.25) is 0 Å². The second-order valence-electron chi connectivity index (χ2n) is 4.40. The minimum absolute atomic E-state index is 0.116. The molecule has 0 saturated carbocycles. The fourth-order valence-electron chi connectivity index (χ4n) is 2.37. The molecule has 1 fully saturated rings. The molecule has 1 heterocycles. The third-order valence-corrected chi connectivity index (χ3v) is 3.25. The summed E-state index contributed by atoms with van der Waals surface area (Å²) in [4.78, 5) is 13.1. The van der Waals surface area contributed by atoms with Crippen molar-refractivity contribution in [3.63, 3.8) is 0 Å². The first kappa shape index (κ1) is 10.5. The Labute approximate surface area is 91.1 Å².